The first-order chi connectivity index (χ1) is 11.0. The Morgan fingerprint density at radius 3 is 2.52 bits per heavy atom. The van der Waals surface area contributed by atoms with Crippen molar-refractivity contribution in [2.24, 2.45) is 0 Å². The van der Waals surface area contributed by atoms with Gasteiger partial charge in [-0.05, 0) is 25.1 Å². The third-order valence-corrected chi connectivity index (χ3v) is 3.78. The summed E-state index contributed by atoms with van der Waals surface area (Å²) in [6.07, 6.45) is 0. The van der Waals surface area contributed by atoms with Crippen molar-refractivity contribution in [3.05, 3.63) is 34.6 Å². The minimum absolute atomic E-state index is 0.0763. The number of hydrogen-bond acceptors (Lipinski definition) is 6. The maximum absolute atomic E-state index is 12.0. The molecule has 2 aromatic rings. The molecule has 9 heteroatoms. The van der Waals surface area contributed by atoms with Gasteiger partial charge in [0.25, 0.3) is 0 Å². The summed E-state index contributed by atoms with van der Waals surface area (Å²) in [6.45, 7) is 1.51. The minimum atomic E-state index is -0.890. The molecule has 23 heavy (non-hydrogen) atoms. The number of amides is 4. The van der Waals surface area contributed by atoms with Gasteiger partial charge < -0.3 is 4.42 Å². The van der Waals surface area contributed by atoms with E-state index in [1.54, 1.807) is 19.1 Å². The van der Waals surface area contributed by atoms with Gasteiger partial charge in [0.1, 0.15) is 6.54 Å². The molecule has 0 N–H and O–H groups in total. The smallest absolute Gasteiger partial charge is 0.334 e. The first-order valence-electron chi connectivity index (χ1n) is 6.77. The number of benzene rings is 1. The van der Waals surface area contributed by atoms with Crippen molar-refractivity contribution in [1.82, 2.24) is 20.0 Å². The van der Waals surface area contributed by atoms with Crippen molar-refractivity contribution in [2.45, 2.75) is 13.5 Å². The van der Waals surface area contributed by atoms with Crippen LogP contribution in [0.25, 0.3) is 11.5 Å². The highest BCUT2D eigenvalue weighted by Gasteiger charge is 2.44. The summed E-state index contributed by atoms with van der Waals surface area (Å²) in [6, 6.07) is 6.58. The zero-order valence-corrected chi connectivity index (χ0v) is 13.6. The van der Waals surface area contributed by atoms with E-state index in [1.165, 1.54) is 0 Å². The number of nitrogens with zero attached hydrogens (tertiary/aromatic N) is 4. The lowest BCUT2D eigenvalue weighted by Gasteiger charge is -2.11. The summed E-state index contributed by atoms with van der Waals surface area (Å²) in [5.74, 6) is -1.39. The largest absolute Gasteiger partial charge is 0.419 e. The number of hydrogen-bond donors (Lipinski definition) is 0. The summed E-state index contributed by atoms with van der Waals surface area (Å²) >= 11 is 3.34. The fourth-order valence-corrected chi connectivity index (χ4v) is 2.56. The average Bonchev–Trinajstić information content (AvgIpc) is 3.07. The molecule has 4 amide bonds. The van der Waals surface area contributed by atoms with Gasteiger partial charge in [-0.2, -0.15) is 0 Å². The number of halogens is 1. The molecular formula is C14H11BrN4O4. The van der Waals surface area contributed by atoms with Crippen LogP contribution in [0, 0.1) is 0 Å². The van der Waals surface area contributed by atoms with E-state index < -0.39 is 17.8 Å². The molecule has 0 saturated carbocycles. The average molecular weight is 379 g/mol. The topological polar surface area (TPSA) is 96.6 Å². The molecule has 2 heterocycles. The molecule has 0 atom stereocenters. The Morgan fingerprint density at radius 1 is 1.13 bits per heavy atom. The van der Waals surface area contributed by atoms with E-state index >= 15 is 0 Å². The Hall–Kier alpha value is -2.55. The molecule has 1 aromatic heterocycles. The van der Waals surface area contributed by atoms with Crippen molar-refractivity contribution < 1.29 is 18.8 Å². The quantitative estimate of drug-likeness (QED) is 0.594. The van der Waals surface area contributed by atoms with E-state index in [0.29, 0.717) is 5.56 Å². The van der Waals surface area contributed by atoms with E-state index in [4.69, 9.17) is 4.42 Å². The molecule has 0 unspecified atom stereocenters. The first kappa shape index (κ1) is 15.3. The second kappa shape index (κ2) is 5.92. The highest BCUT2D eigenvalue weighted by molar-refractivity contribution is 9.10. The van der Waals surface area contributed by atoms with E-state index in [-0.39, 0.29) is 24.9 Å². The van der Waals surface area contributed by atoms with Gasteiger partial charge in [-0.25, -0.2) is 9.69 Å². The van der Waals surface area contributed by atoms with Crippen LogP contribution >= 0.6 is 15.9 Å². The Bertz CT molecular complexity index is 804. The van der Waals surface area contributed by atoms with Crippen molar-refractivity contribution in [2.75, 3.05) is 6.54 Å². The number of imide groups is 2. The molecule has 118 valence electrons. The fourth-order valence-electron chi connectivity index (χ4n) is 2.16. The van der Waals surface area contributed by atoms with Crippen molar-refractivity contribution in [1.29, 1.82) is 0 Å². The normalized spacial score (nSPS) is 15.0. The lowest BCUT2D eigenvalue weighted by molar-refractivity contribution is -0.143. The predicted molar refractivity (Wildman–Crippen MR) is 80.8 cm³/mol. The number of rotatable bonds is 4. The second-order valence-electron chi connectivity index (χ2n) is 4.73. The Morgan fingerprint density at radius 2 is 1.87 bits per heavy atom. The molecule has 1 aromatic carbocycles. The zero-order valence-electron chi connectivity index (χ0n) is 12.0. The van der Waals surface area contributed by atoms with Crippen molar-refractivity contribution >= 4 is 33.8 Å². The summed E-state index contributed by atoms with van der Waals surface area (Å²) in [7, 11) is 0. The maximum atomic E-state index is 12.0. The summed E-state index contributed by atoms with van der Waals surface area (Å²) < 4.78 is 6.32. The fraction of sp³-hybridized carbons (Fsp3) is 0.214. The summed E-state index contributed by atoms with van der Waals surface area (Å²) in [4.78, 5) is 37.1. The molecule has 8 nitrogen and oxygen atoms in total. The lowest BCUT2D eigenvalue weighted by Crippen LogP contribution is -2.32. The van der Waals surface area contributed by atoms with Gasteiger partial charge in [-0.3, -0.25) is 14.5 Å². The van der Waals surface area contributed by atoms with Crippen molar-refractivity contribution in [3.63, 3.8) is 0 Å². The van der Waals surface area contributed by atoms with E-state index in [2.05, 4.69) is 26.1 Å². The van der Waals surface area contributed by atoms with E-state index in [0.717, 1.165) is 14.3 Å². The molecule has 1 aliphatic heterocycles. The van der Waals surface area contributed by atoms with Crippen LogP contribution in [0.4, 0.5) is 4.79 Å². The molecule has 0 radical (unpaired) electrons. The van der Waals surface area contributed by atoms with Crippen LogP contribution < -0.4 is 0 Å². The molecular weight excluding hydrogens is 368 g/mol. The number of carbonyl (C=O) groups is 3. The van der Waals surface area contributed by atoms with Crippen LogP contribution in [0.1, 0.15) is 12.8 Å². The highest BCUT2D eigenvalue weighted by atomic mass is 79.9. The third kappa shape index (κ3) is 2.74. The monoisotopic (exact) mass is 378 g/mol. The zero-order chi connectivity index (χ0) is 16.6. The van der Waals surface area contributed by atoms with Crippen LogP contribution in [0.3, 0.4) is 0 Å². The van der Waals surface area contributed by atoms with Gasteiger partial charge in [0.2, 0.25) is 11.8 Å². The SMILES string of the molecule is CCN1C(=O)C(=O)N(Cc2nnc(-c3cccc(Br)c3)o2)C1=O. The number of likely N-dealkylation sites (N-methyl/N-ethyl adjacent to an activating group) is 1. The molecule has 0 aliphatic carbocycles. The van der Waals surface area contributed by atoms with Gasteiger partial charge in [-0.15, -0.1) is 10.2 Å². The first-order valence-corrected chi connectivity index (χ1v) is 7.56. The van der Waals surface area contributed by atoms with Crippen LogP contribution in [-0.2, 0) is 16.1 Å². The molecule has 0 bridgehead atoms. The maximum Gasteiger partial charge on any atom is 0.334 e. The van der Waals surface area contributed by atoms with Crippen LogP contribution in [-0.4, -0.2) is 44.4 Å². The van der Waals surface area contributed by atoms with Gasteiger partial charge in [0.15, 0.2) is 0 Å². The van der Waals surface area contributed by atoms with Crippen LogP contribution in [0.2, 0.25) is 0 Å². The second-order valence-corrected chi connectivity index (χ2v) is 5.65. The van der Waals surface area contributed by atoms with E-state index in [1.807, 2.05) is 12.1 Å². The van der Waals surface area contributed by atoms with Gasteiger partial charge in [0, 0.05) is 16.6 Å². The predicted octanol–water partition coefficient (Wildman–Crippen LogP) is 1.81. The lowest BCUT2D eigenvalue weighted by atomic mass is 10.2. The van der Waals surface area contributed by atoms with Gasteiger partial charge >= 0.3 is 17.8 Å². The van der Waals surface area contributed by atoms with Crippen LogP contribution in [0.15, 0.2) is 33.2 Å². The standard InChI is InChI=1S/C14H11BrN4O4/c1-2-18-12(20)13(21)19(14(18)22)7-10-16-17-11(23-10)8-4-3-5-9(15)6-8/h3-6H,2,7H2,1H3. The Labute approximate surface area is 139 Å². The molecule has 1 aliphatic rings. The molecule has 3 rings (SSSR count). The molecule has 1 fully saturated rings. The minimum Gasteiger partial charge on any atom is -0.419 e. The van der Waals surface area contributed by atoms with Gasteiger partial charge in [-0.1, -0.05) is 22.0 Å². The van der Waals surface area contributed by atoms with E-state index in [9.17, 15) is 14.4 Å². The third-order valence-electron chi connectivity index (χ3n) is 3.28. The Kier molecular flexibility index (Phi) is 3.95. The number of aromatic nitrogens is 2. The molecule has 0 spiro atoms. The Balaban J connectivity index is 1.81. The number of urea groups is 1. The summed E-state index contributed by atoms with van der Waals surface area (Å²) in [5, 5.41) is 7.72. The highest BCUT2D eigenvalue weighted by Crippen LogP contribution is 2.23. The van der Waals surface area contributed by atoms with Crippen LogP contribution in [0.5, 0.6) is 0 Å². The summed E-state index contributed by atoms with van der Waals surface area (Å²) in [5.41, 5.74) is 0.698. The molecule has 1 saturated heterocycles. The number of carbonyl (C=O) groups excluding carboxylic acids is 3. The van der Waals surface area contributed by atoms with Crippen molar-refractivity contribution in [3.8, 4) is 11.5 Å². The van der Waals surface area contributed by atoms with Gasteiger partial charge in [0.05, 0.1) is 0 Å².